The number of imide groups is 1. The van der Waals surface area contributed by atoms with Gasteiger partial charge in [-0.05, 0) is 19.1 Å². The molecule has 21 heavy (non-hydrogen) atoms. The molecule has 0 spiro atoms. The predicted octanol–water partition coefficient (Wildman–Crippen LogP) is 0.835. The van der Waals surface area contributed by atoms with Crippen LogP contribution < -0.4 is 15.4 Å². The molecule has 2 N–H and O–H groups in total. The van der Waals surface area contributed by atoms with Crippen molar-refractivity contribution in [1.29, 1.82) is 0 Å². The molecule has 0 radical (unpaired) electrons. The lowest BCUT2D eigenvalue weighted by Crippen LogP contribution is -2.43. The van der Waals surface area contributed by atoms with Gasteiger partial charge in [0, 0.05) is 13.1 Å². The van der Waals surface area contributed by atoms with E-state index in [-0.39, 0.29) is 11.3 Å². The van der Waals surface area contributed by atoms with E-state index in [9.17, 15) is 18.8 Å². The summed E-state index contributed by atoms with van der Waals surface area (Å²) in [5.74, 6) is -2.43. The standard InChI is InChI=1S/C13H15FN2O5/c1-7(11(17)16-13(19)15-2)21-12(18)9-5-4-8(20-3)6-10(9)14/h4-7H,1-3H3,(H2,15,16,17,19)/t7-/m0/s1. The number of hydrogen-bond donors (Lipinski definition) is 2. The van der Waals surface area contributed by atoms with Crippen molar-refractivity contribution in [2.45, 2.75) is 13.0 Å². The Kier molecular flexibility index (Phi) is 5.65. The van der Waals surface area contributed by atoms with E-state index in [0.717, 1.165) is 6.07 Å². The molecular formula is C13H15FN2O5. The van der Waals surface area contributed by atoms with Gasteiger partial charge in [-0.3, -0.25) is 10.1 Å². The van der Waals surface area contributed by atoms with E-state index < -0.39 is 29.8 Å². The first-order valence-electron chi connectivity index (χ1n) is 5.96. The highest BCUT2D eigenvalue weighted by atomic mass is 19.1. The third-order valence-corrected chi connectivity index (χ3v) is 2.51. The Labute approximate surface area is 120 Å². The molecule has 0 aliphatic carbocycles. The van der Waals surface area contributed by atoms with Crippen LogP contribution in [0, 0.1) is 5.82 Å². The quantitative estimate of drug-likeness (QED) is 0.803. The minimum absolute atomic E-state index is 0.245. The van der Waals surface area contributed by atoms with Crippen LogP contribution >= 0.6 is 0 Å². The summed E-state index contributed by atoms with van der Waals surface area (Å²) in [5.41, 5.74) is -0.338. The van der Waals surface area contributed by atoms with Crippen LogP contribution in [0.25, 0.3) is 0 Å². The molecule has 0 fully saturated rings. The van der Waals surface area contributed by atoms with Crippen LogP contribution in [-0.4, -0.2) is 38.2 Å². The third kappa shape index (κ3) is 4.44. The Bertz CT molecular complexity index is 561. The van der Waals surface area contributed by atoms with Crippen molar-refractivity contribution in [2.75, 3.05) is 14.2 Å². The van der Waals surface area contributed by atoms with Gasteiger partial charge in [0.15, 0.2) is 6.10 Å². The van der Waals surface area contributed by atoms with Gasteiger partial charge in [0.1, 0.15) is 11.6 Å². The van der Waals surface area contributed by atoms with Crippen LogP contribution in [0.2, 0.25) is 0 Å². The number of halogens is 1. The number of nitrogens with one attached hydrogen (secondary N) is 2. The summed E-state index contributed by atoms with van der Waals surface area (Å²) in [6, 6.07) is 2.85. The van der Waals surface area contributed by atoms with Crippen molar-refractivity contribution in [2.24, 2.45) is 0 Å². The average Bonchev–Trinajstić information content (AvgIpc) is 2.46. The summed E-state index contributed by atoms with van der Waals surface area (Å²) in [5, 5.41) is 4.11. The second kappa shape index (κ2) is 7.22. The van der Waals surface area contributed by atoms with Crippen LogP contribution in [-0.2, 0) is 9.53 Å². The van der Waals surface area contributed by atoms with Gasteiger partial charge in [-0.1, -0.05) is 0 Å². The number of benzene rings is 1. The van der Waals surface area contributed by atoms with Crippen LogP contribution in [0.15, 0.2) is 18.2 Å². The van der Waals surface area contributed by atoms with E-state index in [4.69, 9.17) is 9.47 Å². The molecule has 7 nitrogen and oxygen atoms in total. The maximum atomic E-state index is 13.7. The molecule has 1 aromatic rings. The number of esters is 1. The molecule has 0 saturated carbocycles. The number of methoxy groups -OCH3 is 1. The summed E-state index contributed by atoms with van der Waals surface area (Å²) in [6.45, 7) is 1.26. The van der Waals surface area contributed by atoms with Gasteiger partial charge in [0.2, 0.25) is 0 Å². The first-order valence-corrected chi connectivity index (χ1v) is 5.96. The molecule has 8 heteroatoms. The number of hydrogen-bond acceptors (Lipinski definition) is 5. The van der Waals surface area contributed by atoms with Crippen LogP contribution in [0.5, 0.6) is 5.75 Å². The van der Waals surface area contributed by atoms with E-state index in [1.165, 1.54) is 33.2 Å². The zero-order valence-corrected chi connectivity index (χ0v) is 11.7. The van der Waals surface area contributed by atoms with E-state index in [2.05, 4.69) is 5.32 Å². The topological polar surface area (TPSA) is 93.7 Å². The van der Waals surface area contributed by atoms with Crippen LogP contribution in [0.3, 0.4) is 0 Å². The summed E-state index contributed by atoms with van der Waals surface area (Å²) in [4.78, 5) is 34.2. The lowest BCUT2D eigenvalue weighted by molar-refractivity contribution is -0.127. The summed E-state index contributed by atoms with van der Waals surface area (Å²) in [6.07, 6.45) is -1.25. The van der Waals surface area contributed by atoms with E-state index in [1.807, 2.05) is 5.32 Å². The zero-order valence-electron chi connectivity index (χ0n) is 11.7. The summed E-state index contributed by atoms with van der Waals surface area (Å²) in [7, 11) is 2.68. The molecule has 114 valence electrons. The second-order valence-electron chi connectivity index (χ2n) is 3.96. The number of urea groups is 1. The number of ether oxygens (including phenoxy) is 2. The predicted molar refractivity (Wildman–Crippen MR) is 70.4 cm³/mol. The molecule has 1 rings (SSSR count). The summed E-state index contributed by atoms with van der Waals surface area (Å²) >= 11 is 0. The second-order valence-corrected chi connectivity index (χ2v) is 3.96. The monoisotopic (exact) mass is 298 g/mol. The van der Waals surface area contributed by atoms with Crippen LogP contribution in [0.1, 0.15) is 17.3 Å². The fourth-order valence-corrected chi connectivity index (χ4v) is 1.34. The minimum Gasteiger partial charge on any atom is -0.497 e. The molecule has 0 aliphatic heterocycles. The van der Waals surface area contributed by atoms with Crippen molar-refractivity contribution in [3.63, 3.8) is 0 Å². The first-order chi connectivity index (χ1) is 9.88. The maximum Gasteiger partial charge on any atom is 0.341 e. The van der Waals surface area contributed by atoms with Crippen molar-refractivity contribution >= 4 is 17.9 Å². The number of amides is 3. The van der Waals surface area contributed by atoms with Gasteiger partial charge in [0.25, 0.3) is 5.91 Å². The van der Waals surface area contributed by atoms with Gasteiger partial charge in [-0.15, -0.1) is 0 Å². The van der Waals surface area contributed by atoms with Gasteiger partial charge in [-0.25, -0.2) is 14.0 Å². The Morgan fingerprint density at radius 3 is 2.48 bits per heavy atom. The Balaban J connectivity index is 2.72. The molecular weight excluding hydrogens is 283 g/mol. The molecule has 0 unspecified atom stereocenters. The Morgan fingerprint density at radius 1 is 1.29 bits per heavy atom. The summed E-state index contributed by atoms with van der Waals surface area (Å²) < 4.78 is 23.2. The molecule has 0 aliphatic rings. The van der Waals surface area contributed by atoms with Crippen molar-refractivity contribution in [3.8, 4) is 5.75 Å². The largest absolute Gasteiger partial charge is 0.497 e. The highest BCUT2D eigenvalue weighted by Crippen LogP contribution is 2.17. The normalized spacial score (nSPS) is 11.2. The third-order valence-electron chi connectivity index (χ3n) is 2.51. The molecule has 1 atom stereocenters. The molecule has 0 heterocycles. The van der Waals surface area contributed by atoms with Crippen molar-refractivity contribution < 1.29 is 28.2 Å². The van der Waals surface area contributed by atoms with Gasteiger partial charge >= 0.3 is 12.0 Å². The van der Waals surface area contributed by atoms with Crippen LogP contribution in [0.4, 0.5) is 9.18 Å². The Morgan fingerprint density at radius 2 is 1.95 bits per heavy atom. The zero-order chi connectivity index (χ0) is 16.0. The fraction of sp³-hybridized carbons (Fsp3) is 0.308. The highest BCUT2D eigenvalue weighted by Gasteiger charge is 2.22. The first kappa shape index (κ1) is 16.4. The number of rotatable bonds is 4. The molecule has 0 aromatic heterocycles. The van der Waals surface area contributed by atoms with Crippen molar-refractivity contribution in [1.82, 2.24) is 10.6 Å². The smallest absolute Gasteiger partial charge is 0.341 e. The highest BCUT2D eigenvalue weighted by molar-refractivity contribution is 5.98. The molecule has 3 amide bonds. The van der Waals surface area contributed by atoms with Gasteiger partial charge in [-0.2, -0.15) is 0 Å². The van der Waals surface area contributed by atoms with Crippen molar-refractivity contribution in [3.05, 3.63) is 29.6 Å². The SMILES string of the molecule is CNC(=O)NC(=O)[C@H](C)OC(=O)c1ccc(OC)cc1F. The number of carbonyl (C=O) groups is 3. The molecule has 0 bridgehead atoms. The van der Waals surface area contributed by atoms with E-state index >= 15 is 0 Å². The molecule has 0 saturated heterocycles. The lowest BCUT2D eigenvalue weighted by Gasteiger charge is -2.13. The Hall–Kier alpha value is -2.64. The van der Waals surface area contributed by atoms with Gasteiger partial charge < -0.3 is 14.8 Å². The minimum atomic E-state index is -1.25. The fourth-order valence-electron chi connectivity index (χ4n) is 1.34. The lowest BCUT2D eigenvalue weighted by atomic mass is 10.2. The van der Waals surface area contributed by atoms with Gasteiger partial charge in [0.05, 0.1) is 12.7 Å². The maximum absolute atomic E-state index is 13.7. The van der Waals surface area contributed by atoms with E-state index in [1.54, 1.807) is 0 Å². The molecule has 1 aromatic carbocycles. The van der Waals surface area contributed by atoms with E-state index in [0.29, 0.717) is 0 Å². The number of carbonyl (C=O) groups excluding carboxylic acids is 3. The average molecular weight is 298 g/mol.